The second-order valence-electron chi connectivity index (χ2n) is 6.99. The highest BCUT2D eigenvalue weighted by atomic mass is 79.9. The van der Waals surface area contributed by atoms with Crippen molar-refractivity contribution in [3.8, 4) is 17.0 Å². The normalized spacial score (nSPS) is 14.2. The van der Waals surface area contributed by atoms with Crippen molar-refractivity contribution in [3.63, 3.8) is 0 Å². The van der Waals surface area contributed by atoms with Crippen molar-refractivity contribution in [2.24, 2.45) is 0 Å². The molecule has 2 aromatic carbocycles. The summed E-state index contributed by atoms with van der Waals surface area (Å²) in [6.07, 6.45) is 0.969. The van der Waals surface area contributed by atoms with Crippen LogP contribution in [0.2, 0.25) is 0 Å². The molecular formula is C23H23BrN2O3. The van der Waals surface area contributed by atoms with E-state index in [0.717, 1.165) is 38.8 Å². The number of halogens is 1. The number of aromatic nitrogens is 1. The SMILES string of the molecule is CCCOc1ccc(-c2cc(C(=O)N3CCOCC3)c3cc(Br)ccc3n2)cc1. The van der Waals surface area contributed by atoms with Gasteiger partial charge in [0.15, 0.2) is 0 Å². The molecule has 1 aromatic heterocycles. The van der Waals surface area contributed by atoms with Gasteiger partial charge in [0.05, 0.1) is 36.6 Å². The molecule has 1 amide bonds. The maximum Gasteiger partial charge on any atom is 0.254 e. The lowest BCUT2D eigenvalue weighted by atomic mass is 10.0. The van der Waals surface area contributed by atoms with E-state index in [-0.39, 0.29) is 5.91 Å². The number of carbonyl (C=O) groups is 1. The minimum Gasteiger partial charge on any atom is -0.494 e. The molecule has 1 saturated heterocycles. The Kier molecular flexibility index (Phi) is 6.11. The number of fused-ring (bicyclic) bond motifs is 1. The van der Waals surface area contributed by atoms with Gasteiger partial charge < -0.3 is 14.4 Å². The smallest absolute Gasteiger partial charge is 0.254 e. The molecule has 1 fully saturated rings. The first-order chi connectivity index (χ1) is 14.2. The molecule has 0 unspecified atom stereocenters. The van der Waals surface area contributed by atoms with Crippen LogP contribution in [0.4, 0.5) is 0 Å². The Bertz CT molecular complexity index is 1010. The average Bonchev–Trinajstić information content (AvgIpc) is 2.77. The molecule has 3 aromatic rings. The summed E-state index contributed by atoms with van der Waals surface area (Å²) < 4.78 is 12.0. The van der Waals surface area contributed by atoms with Crippen LogP contribution in [0.3, 0.4) is 0 Å². The Balaban J connectivity index is 1.75. The Labute approximate surface area is 178 Å². The van der Waals surface area contributed by atoms with E-state index in [1.165, 1.54) is 0 Å². The zero-order valence-corrected chi connectivity index (χ0v) is 17.9. The van der Waals surface area contributed by atoms with Crippen molar-refractivity contribution in [1.82, 2.24) is 9.88 Å². The zero-order valence-electron chi connectivity index (χ0n) is 16.4. The van der Waals surface area contributed by atoms with Gasteiger partial charge in [-0.25, -0.2) is 4.98 Å². The van der Waals surface area contributed by atoms with Crippen molar-refractivity contribution in [2.75, 3.05) is 32.9 Å². The quantitative estimate of drug-likeness (QED) is 0.548. The zero-order chi connectivity index (χ0) is 20.2. The summed E-state index contributed by atoms with van der Waals surface area (Å²) in [4.78, 5) is 19.9. The number of pyridine rings is 1. The van der Waals surface area contributed by atoms with Crippen molar-refractivity contribution in [2.45, 2.75) is 13.3 Å². The molecule has 1 aliphatic rings. The second-order valence-corrected chi connectivity index (χ2v) is 7.91. The number of ether oxygens (including phenoxy) is 2. The number of hydrogen-bond donors (Lipinski definition) is 0. The molecule has 0 aliphatic carbocycles. The summed E-state index contributed by atoms with van der Waals surface area (Å²) in [6, 6.07) is 15.6. The molecule has 0 N–H and O–H groups in total. The van der Waals surface area contributed by atoms with Crippen LogP contribution in [-0.4, -0.2) is 48.7 Å². The first kappa shape index (κ1) is 19.9. The van der Waals surface area contributed by atoms with E-state index in [0.29, 0.717) is 38.5 Å². The van der Waals surface area contributed by atoms with Gasteiger partial charge in [-0.1, -0.05) is 22.9 Å². The van der Waals surface area contributed by atoms with Gasteiger partial charge in [-0.15, -0.1) is 0 Å². The summed E-state index contributed by atoms with van der Waals surface area (Å²) >= 11 is 3.52. The first-order valence-electron chi connectivity index (χ1n) is 9.86. The lowest BCUT2D eigenvalue weighted by Crippen LogP contribution is -2.40. The van der Waals surface area contributed by atoms with Crippen LogP contribution in [0.15, 0.2) is 53.0 Å². The molecule has 150 valence electrons. The van der Waals surface area contributed by atoms with Gasteiger partial charge in [0, 0.05) is 28.5 Å². The van der Waals surface area contributed by atoms with Crippen molar-refractivity contribution in [1.29, 1.82) is 0 Å². The van der Waals surface area contributed by atoms with Crippen LogP contribution in [0.25, 0.3) is 22.2 Å². The summed E-state index contributed by atoms with van der Waals surface area (Å²) in [6.45, 7) is 5.14. The van der Waals surface area contributed by atoms with Crippen LogP contribution in [0.5, 0.6) is 5.75 Å². The van der Waals surface area contributed by atoms with Gasteiger partial charge in [-0.2, -0.15) is 0 Å². The Hall–Kier alpha value is -2.44. The highest BCUT2D eigenvalue weighted by molar-refractivity contribution is 9.10. The van der Waals surface area contributed by atoms with Gasteiger partial charge >= 0.3 is 0 Å². The molecule has 1 aliphatic heterocycles. The molecule has 0 atom stereocenters. The molecule has 4 rings (SSSR count). The molecule has 0 radical (unpaired) electrons. The molecule has 5 nitrogen and oxygen atoms in total. The van der Waals surface area contributed by atoms with E-state index in [1.807, 2.05) is 53.4 Å². The first-order valence-corrected chi connectivity index (χ1v) is 10.7. The summed E-state index contributed by atoms with van der Waals surface area (Å²) in [5.41, 5.74) is 3.20. The third-order valence-electron chi connectivity index (χ3n) is 4.92. The Morgan fingerprint density at radius 3 is 2.62 bits per heavy atom. The lowest BCUT2D eigenvalue weighted by molar-refractivity contribution is 0.0304. The monoisotopic (exact) mass is 454 g/mol. The van der Waals surface area contributed by atoms with Crippen molar-refractivity contribution in [3.05, 3.63) is 58.6 Å². The van der Waals surface area contributed by atoms with E-state index in [2.05, 4.69) is 22.9 Å². The summed E-state index contributed by atoms with van der Waals surface area (Å²) in [5.74, 6) is 0.855. The van der Waals surface area contributed by atoms with Crippen LogP contribution in [-0.2, 0) is 4.74 Å². The van der Waals surface area contributed by atoms with Gasteiger partial charge in [-0.3, -0.25) is 4.79 Å². The van der Waals surface area contributed by atoms with E-state index in [4.69, 9.17) is 14.5 Å². The van der Waals surface area contributed by atoms with E-state index < -0.39 is 0 Å². The molecular weight excluding hydrogens is 432 g/mol. The van der Waals surface area contributed by atoms with Crippen molar-refractivity contribution >= 4 is 32.7 Å². The molecule has 29 heavy (non-hydrogen) atoms. The number of rotatable bonds is 5. The second kappa shape index (κ2) is 8.93. The summed E-state index contributed by atoms with van der Waals surface area (Å²) in [7, 11) is 0. The number of nitrogens with zero attached hydrogens (tertiary/aromatic N) is 2. The van der Waals surface area contributed by atoms with Crippen LogP contribution in [0, 0.1) is 0 Å². The number of hydrogen-bond acceptors (Lipinski definition) is 4. The topological polar surface area (TPSA) is 51.7 Å². The molecule has 0 spiro atoms. The third-order valence-corrected chi connectivity index (χ3v) is 5.42. The number of amides is 1. The van der Waals surface area contributed by atoms with Crippen LogP contribution >= 0.6 is 15.9 Å². The van der Waals surface area contributed by atoms with Gasteiger partial charge in [-0.05, 0) is 55.0 Å². The van der Waals surface area contributed by atoms with Crippen LogP contribution in [0.1, 0.15) is 23.7 Å². The number of benzene rings is 2. The maximum atomic E-state index is 13.3. The average molecular weight is 455 g/mol. The fraction of sp³-hybridized carbons (Fsp3) is 0.304. The maximum absolute atomic E-state index is 13.3. The minimum absolute atomic E-state index is 0.0166. The number of carbonyl (C=O) groups excluding carboxylic acids is 1. The largest absolute Gasteiger partial charge is 0.494 e. The van der Waals surface area contributed by atoms with Crippen LogP contribution < -0.4 is 4.74 Å². The Morgan fingerprint density at radius 2 is 1.90 bits per heavy atom. The third kappa shape index (κ3) is 4.43. The Morgan fingerprint density at radius 1 is 1.14 bits per heavy atom. The van der Waals surface area contributed by atoms with E-state index in [9.17, 15) is 4.79 Å². The van der Waals surface area contributed by atoms with E-state index in [1.54, 1.807) is 0 Å². The molecule has 0 bridgehead atoms. The summed E-state index contributed by atoms with van der Waals surface area (Å²) in [5, 5.41) is 0.850. The standard InChI is InChI=1S/C23H23BrN2O3/c1-2-11-29-18-6-3-16(4-7-18)22-15-20(23(27)26-9-12-28-13-10-26)19-14-17(24)5-8-21(19)25-22/h3-8,14-15H,2,9-13H2,1H3. The fourth-order valence-electron chi connectivity index (χ4n) is 3.40. The fourth-order valence-corrected chi connectivity index (χ4v) is 3.76. The van der Waals surface area contributed by atoms with E-state index >= 15 is 0 Å². The predicted octanol–water partition coefficient (Wildman–Crippen LogP) is 4.93. The number of morpholine rings is 1. The molecule has 6 heteroatoms. The van der Waals surface area contributed by atoms with Gasteiger partial charge in [0.25, 0.3) is 5.91 Å². The van der Waals surface area contributed by atoms with Gasteiger partial charge in [0.1, 0.15) is 5.75 Å². The molecule has 2 heterocycles. The van der Waals surface area contributed by atoms with Gasteiger partial charge in [0.2, 0.25) is 0 Å². The molecule has 0 saturated carbocycles. The minimum atomic E-state index is 0.0166. The lowest BCUT2D eigenvalue weighted by Gasteiger charge is -2.27. The predicted molar refractivity (Wildman–Crippen MR) is 117 cm³/mol. The highest BCUT2D eigenvalue weighted by Crippen LogP contribution is 2.29. The van der Waals surface area contributed by atoms with Crippen molar-refractivity contribution < 1.29 is 14.3 Å². The highest BCUT2D eigenvalue weighted by Gasteiger charge is 2.22.